The zero-order valence-electron chi connectivity index (χ0n) is 22.7. The number of nitrogens with zero attached hydrogens (tertiary/aromatic N) is 2. The molecule has 0 spiro atoms. The van der Waals surface area contributed by atoms with Gasteiger partial charge in [0, 0.05) is 19.5 Å². The number of likely N-dealkylation sites (N-methyl/N-ethyl adjacent to an activating group) is 1. The lowest BCUT2D eigenvalue weighted by molar-refractivity contribution is -0.140. The van der Waals surface area contributed by atoms with Gasteiger partial charge in [-0.05, 0) is 54.4 Å². The second-order valence-corrected chi connectivity index (χ2v) is 11.3. The smallest absolute Gasteiger partial charge is 0.264 e. The summed E-state index contributed by atoms with van der Waals surface area (Å²) < 4.78 is 42.4. The fourth-order valence-electron chi connectivity index (χ4n) is 4.48. The lowest BCUT2D eigenvalue weighted by atomic mass is 10.0. The SMILES string of the molecule is CCNC(=O)C(Cc1ccccc1)N(Cc1ccccc1)C(=O)CN(c1ccc(F)cc1)S(=O)(=O)c1ccccc1. The van der Waals surface area contributed by atoms with E-state index in [1.807, 2.05) is 60.7 Å². The molecule has 212 valence electrons. The van der Waals surface area contributed by atoms with E-state index >= 15 is 0 Å². The van der Waals surface area contributed by atoms with E-state index in [1.165, 1.54) is 29.2 Å². The molecule has 7 nitrogen and oxygen atoms in total. The Balaban J connectivity index is 1.77. The Hall–Kier alpha value is -4.50. The molecule has 0 saturated heterocycles. The minimum absolute atomic E-state index is 0.0173. The maximum absolute atomic E-state index is 14.2. The van der Waals surface area contributed by atoms with Gasteiger partial charge in [0.15, 0.2) is 0 Å². The van der Waals surface area contributed by atoms with Crippen molar-refractivity contribution >= 4 is 27.5 Å². The van der Waals surface area contributed by atoms with Gasteiger partial charge >= 0.3 is 0 Å². The van der Waals surface area contributed by atoms with Crippen LogP contribution in [-0.4, -0.2) is 44.3 Å². The molecule has 0 aromatic heterocycles. The quantitative estimate of drug-likeness (QED) is 0.264. The number of amides is 2. The molecule has 0 bridgehead atoms. The number of hydrogen-bond donors (Lipinski definition) is 1. The van der Waals surface area contributed by atoms with E-state index in [1.54, 1.807) is 25.1 Å². The highest BCUT2D eigenvalue weighted by atomic mass is 32.2. The van der Waals surface area contributed by atoms with Crippen LogP contribution in [0, 0.1) is 5.82 Å². The molecule has 0 fully saturated rings. The molecule has 0 aliphatic carbocycles. The van der Waals surface area contributed by atoms with Crippen molar-refractivity contribution in [3.8, 4) is 0 Å². The Kier molecular flexibility index (Phi) is 9.86. The molecule has 0 radical (unpaired) electrons. The van der Waals surface area contributed by atoms with E-state index in [2.05, 4.69) is 5.32 Å². The summed E-state index contributed by atoms with van der Waals surface area (Å²) in [5.74, 6) is -1.47. The Morgan fingerprint density at radius 3 is 1.88 bits per heavy atom. The van der Waals surface area contributed by atoms with Crippen LogP contribution in [0.4, 0.5) is 10.1 Å². The van der Waals surface area contributed by atoms with Crippen LogP contribution in [0.25, 0.3) is 0 Å². The van der Waals surface area contributed by atoms with Gasteiger partial charge in [-0.2, -0.15) is 0 Å². The lowest BCUT2D eigenvalue weighted by Gasteiger charge is -2.33. The first-order valence-corrected chi connectivity index (χ1v) is 14.7. The summed E-state index contributed by atoms with van der Waals surface area (Å²) in [5, 5.41) is 2.83. The van der Waals surface area contributed by atoms with Crippen LogP contribution in [0.15, 0.2) is 120 Å². The van der Waals surface area contributed by atoms with Crippen molar-refractivity contribution in [2.45, 2.75) is 30.8 Å². The van der Waals surface area contributed by atoms with Crippen molar-refractivity contribution in [2.24, 2.45) is 0 Å². The summed E-state index contributed by atoms with van der Waals surface area (Å²) in [6.07, 6.45) is 0.229. The highest BCUT2D eigenvalue weighted by molar-refractivity contribution is 7.92. The molecule has 4 aromatic carbocycles. The Labute approximate surface area is 240 Å². The van der Waals surface area contributed by atoms with E-state index in [9.17, 15) is 22.4 Å². The first-order chi connectivity index (χ1) is 19.8. The first-order valence-electron chi connectivity index (χ1n) is 13.3. The summed E-state index contributed by atoms with van der Waals surface area (Å²) in [7, 11) is -4.22. The van der Waals surface area contributed by atoms with E-state index < -0.39 is 34.3 Å². The van der Waals surface area contributed by atoms with Crippen molar-refractivity contribution in [2.75, 3.05) is 17.4 Å². The normalized spacial score (nSPS) is 11.9. The summed E-state index contributed by atoms with van der Waals surface area (Å²) in [6, 6.07) is 30.3. The van der Waals surface area contributed by atoms with Crippen molar-refractivity contribution in [3.05, 3.63) is 132 Å². The average molecular weight is 574 g/mol. The van der Waals surface area contributed by atoms with Gasteiger partial charge in [-0.1, -0.05) is 78.9 Å². The predicted octanol–water partition coefficient (Wildman–Crippen LogP) is 4.80. The van der Waals surface area contributed by atoms with Crippen molar-refractivity contribution in [3.63, 3.8) is 0 Å². The van der Waals surface area contributed by atoms with Crippen LogP contribution >= 0.6 is 0 Å². The third-order valence-corrected chi connectivity index (χ3v) is 8.33. The van der Waals surface area contributed by atoms with Gasteiger partial charge in [0.25, 0.3) is 10.0 Å². The van der Waals surface area contributed by atoms with Crippen LogP contribution in [-0.2, 0) is 32.6 Å². The summed E-state index contributed by atoms with van der Waals surface area (Å²) >= 11 is 0. The molecular formula is C32H32FN3O4S. The molecule has 0 aliphatic rings. The van der Waals surface area contributed by atoms with E-state index in [0.717, 1.165) is 27.6 Å². The number of benzene rings is 4. The summed E-state index contributed by atoms with van der Waals surface area (Å²) in [5.41, 5.74) is 1.75. The molecule has 1 N–H and O–H groups in total. The monoisotopic (exact) mass is 573 g/mol. The topological polar surface area (TPSA) is 86.8 Å². The number of halogens is 1. The Morgan fingerprint density at radius 1 is 0.780 bits per heavy atom. The number of carbonyl (C=O) groups is 2. The van der Waals surface area contributed by atoms with Crippen LogP contribution in [0.5, 0.6) is 0 Å². The maximum atomic E-state index is 14.2. The Bertz CT molecular complexity index is 1530. The molecule has 0 saturated carbocycles. The number of carbonyl (C=O) groups excluding carboxylic acids is 2. The molecule has 1 atom stereocenters. The molecule has 9 heteroatoms. The predicted molar refractivity (Wildman–Crippen MR) is 157 cm³/mol. The largest absolute Gasteiger partial charge is 0.355 e. The molecule has 41 heavy (non-hydrogen) atoms. The van der Waals surface area contributed by atoms with Crippen LogP contribution in [0.2, 0.25) is 0 Å². The molecule has 4 rings (SSSR count). The third-order valence-electron chi connectivity index (χ3n) is 6.54. The number of sulfonamides is 1. The van der Waals surface area contributed by atoms with E-state index in [0.29, 0.717) is 6.54 Å². The lowest BCUT2D eigenvalue weighted by Crippen LogP contribution is -2.53. The average Bonchev–Trinajstić information content (AvgIpc) is 2.99. The van der Waals surface area contributed by atoms with Crippen molar-refractivity contribution in [1.29, 1.82) is 0 Å². The van der Waals surface area contributed by atoms with Crippen LogP contribution in [0.1, 0.15) is 18.1 Å². The Morgan fingerprint density at radius 2 is 1.32 bits per heavy atom. The highest BCUT2D eigenvalue weighted by Crippen LogP contribution is 2.25. The summed E-state index contributed by atoms with van der Waals surface area (Å²) in [6.45, 7) is 1.64. The maximum Gasteiger partial charge on any atom is 0.264 e. The molecule has 0 heterocycles. The molecule has 0 aliphatic heterocycles. The van der Waals surface area contributed by atoms with Gasteiger partial charge < -0.3 is 10.2 Å². The zero-order chi connectivity index (χ0) is 29.2. The second kappa shape index (κ2) is 13.7. The summed E-state index contributed by atoms with van der Waals surface area (Å²) in [4.78, 5) is 29.0. The third kappa shape index (κ3) is 7.58. The molecule has 1 unspecified atom stereocenters. The van der Waals surface area contributed by atoms with Gasteiger partial charge in [0.2, 0.25) is 11.8 Å². The first kappa shape index (κ1) is 29.5. The second-order valence-electron chi connectivity index (χ2n) is 9.41. The van der Waals surface area contributed by atoms with E-state index in [4.69, 9.17) is 0 Å². The van der Waals surface area contributed by atoms with Crippen molar-refractivity contribution in [1.82, 2.24) is 10.2 Å². The van der Waals surface area contributed by atoms with Gasteiger partial charge in [-0.25, -0.2) is 12.8 Å². The minimum atomic E-state index is -4.22. The van der Waals surface area contributed by atoms with Crippen LogP contribution < -0.4 is 9.62 Å². The fraction of sp³-hybridized carbons (Fsp3) is 0.188. The molecule has 4 aromatic rings. The minimum Gasteiger partial charge on any atom is -0.355 e. The number of rotatable bonds is 12. The highest BCUT2D eigenvalue weighted by Gasteiger charge is 2.34. The zero-order valence-corrected chi connectivity index (χ0v) is 23.5. The standard InChI is InChI=1S/C32H32FN3O4S/c1-2-34-32(38)30(22-25-12-6-3-7-13-25)35(23-26-14-8-4-9-15-26)31(37)24-36(28-20-18-27(33)19-21-28)41(39,40)29-16-10-5-11-17-29/h3-21,30H,2,22-24H2,1H3,(H,34,38). The van der Waals surface area contributed by atoms with Gasteiger partial charge in [0.1, 0.15) is 18.4 Å². The van der Waals surface area contributed by atoms with Crippen LogP contribution in [0.3, 0.4) is 0 Å². The fourth-order valence-corrected chi connectivity index (χ4v) is 5.92. The number of hydrogen-bond acceptors (Lipinski definition) is 4. The molecule has 2 amide bonds. The van der Waals surface area contributed by atoms with Crippen molar-refractivity contribution < 1.29 is 22.4 Å². The molecular weight excluding hydrogens is 541 g/mol. The van der Waals surface area contributed by atoms with E-state index in [-0.39, 0.29) is 29.5 Å². The number of anilines is 1. The number of nitrogens with one attached hydrogen (secondary N) is 1. The van der Waals surface area contributed by atoms with Gasteiger partial charge in [-0.3, -0.25) is 13.9 Å². The van der Waals surface area contributed by atoms with Gasteiger partial charge in [0.05, 0.1) is 10.6 Å². The van der Waals surface area contributed by atoms with Gasteiger partial charge in [-0.15, -0.1) is 0 Å².